The third kappa shape index (κ3) is 4.21. The van der Waals surface area contributed by atoms with Gasteiger partial charge in [-0.05, 0) is 42.5 Å². The van der Waals surface area contributed by atoms with E-state index in [0.717, 1.165) is 9.86 Å². The van der Waals surface area contributed by atoms with E-state index in [1.54, 1.807) is 42.5 Å². The zero-order valence-corrected chi connectivity index (χ0v) is 17.5. The zero-order chi connectivity index (χ0) is 21.1. The van der Waals surface area contributed by atoms with Gasteiger partial charge in [0, 0.05) is 27.3 Å². The largest absolute Gasteiger partial charge is 0.504 e. The molecule has 0 aliphatic carbocycles. The van der Waals surface area contributed by atoms with Gasteiger partial charge in [-0.2, -0.15) is 0 Å². The summed E-state index contributed by atoms with van der Waals surface area (Å²) in [6.45, 7) is 0. The van der Waals surface area contributed by atoms with Gasteiger partial charge in [-0.15, -0.1) is 0 Å². The number of benzene rings is 3. The van der Waals surface area contributed by atoms with Crippen molar-refractivity contribution in [2.45, 2.75) is 0 Å². The lowest BCUT2D eigenvalue weighted by Gasteiger charge is -2.07. The third-order valence-electron chi connectivity index (χ3n) is 4.40. The van der Waals surface area contributed by atoms with Crippen molar-refractivity contribution in [2.24, 2.45) is 4.99 Å². The van der Waals surface area contributed by atoms with E-state index in [1.807, 2.05) is 24.3 Å². The van der Waals surface area contributed by atoms with Gasteiger partial charge in [-0.1, -0.05) is 40.2 Å². The van der Waals surface area contributed by atoms with Crippen LogP contribution in [0.1, 0.15) is 16.1 Å². The molecular formula is C23H17BrN2O4. The van der Waals surface area contributed by atoms with E-state index in [1.165, 1.54) is 13.3 Å². The molecule has 0 unspecified atom stereocenters. The maximum atomic E-state index is 12.5. The highest BCUT2D eigenvalue weighted by Gasteiger charge is 2.12. The van der Waals surface area contributed by atoms with Gasteiger partial charge in [0.25, 0.3) is 5.91 Å². The Kier molecular flexibility index (Phi) is 5.54. The Hall–Kier alpha value is -3.58. The van der Waals surface area contributed by atoms with Gasteiger partial charge in [0.15, 0.2) is 17.3 Å². The molecular weight excluding hydrogens is 448 g/mol. The van der Waals surface area contributed by atoms with E-state index >= 15 is 0 Å². The average Bonchev–Trinajstić information content (AvgIpc) is 3.19. The van der Waals surface area contributed by atoms with E-state index in [2.05, 4.69) is 26.2 Å². The molecule has 0 bridgehead atoms. The number of nitrogens with zero attached hydrogens (tertiary/aromatic N) is 1. The van der Waals surface area contributed by atoms with Crippen LogP contribution in [0.4, 0.5) is 11.4 Å². The molecule has 1 aromatic heterocycles. The number of furan rings is 1. The molecule has 0 spiro atoms. The number of phenols is 1. The Morgan fingerprint density at radius 1 is 1.13 bits per heavy atom. The molecule has 4 aromatic rings. The molecule has 0 saturated carbocycles. The van der Waals surface area contributed by atoms with Gasteiger partial charge in [0.1, 0.15) is 5.58 Å². The van der Waals surface area contributed by atoms with E-state index in [9.17, 15) is 9.90 Å². The molecule has 150 valence electrons. The van der Waals surface area contributed by atoms with Crippen LogP contribution in [0.5, 0.6) is 11.5 Å². The summed E-state index contributed by atoms with van der Waals surface area (Å²) in [6, 6.07) is 19.6. The minimum absolute atomic E-state index is 0.00112. The first kappa shape index (κ1) is 19.7. The van der Waals surface area contributed by atoms with Crippen LogP contribution in [0.25, 0.3) is 11.0 Å². The number of rotatable bonds is 5. The number of hydrogen-bond donors (Lipinski definition) is 2. The number of nitrogens with one attached hydrogen (secondary N) is 1. The van der Waals surface area contributed by atoms with E-state index in [4.69, 9.17) is 9.15 Å². The first-order valence-corrected chi connectivity index (χ1v) is 9.83. The Balaban J connectivity index is 1.53. The van der Waals surface area contributed by atoms with Crippen LogP contribution in [-0.2, 0) is 0 Å². The molecule has 3 aromatic carbocycles. The van der Waals surface area contributed by atoms with Gasteiger partial charge in [0.05, 0.1) is 12.8 Å². The summed E-state index contributed by atoms with van der Waals surface area (Å²) in [6.07, 6.45) is 1.53. The Morgan fingerprint density at radius 2 is 1.97 bits per heavy atom. The first-order valence-electron chi connectivity index (χ1n) is 9.04. The molecule has 6 nitrogen and oxygen atoms in total. The van der Waals surface area contributed by atoms with Crippen LogP contribution in [0, 0.1) is 0 Å². The van der Waals surface area contributed by atoms with Crippen LogP contribution in [0.2, 0.25) is 0 Å². The minimum Gasteiger partial charge on any atom is -0.504 e. The highest BCUT2D eigenvalue weighted by atomic mass is 79.9. The Morgan fingerprint density at radius 3 is 2.77 bits per heavy atom. The molecule has 1 heterocycles. The second kappa shape index (κ2) is 8.42. The highest BCUT2D eigenvalue weighted by Crippen LogP contribution is 2.33. The van der Waals surface area contributed by atoms with E-state index in [-0.39, 0.29) is 17.4 Å². The fraction of sp³-hybridized carbons (Fsp3) is 0.0435. The number of hydrogen-bond acceptors (Lipinski definition) is 5. The lowest BCUT2D eigenvalue weighted by Crippen LogP contribution is -2.10. The van der Waals surface area contributed by atoms with E-state index < -0.39 is 0 Å². The van der Waals surface area contributed by atoms with Gasteiger partial charge in [-0.3, -0.25) is 9.79 Å². The van der Waals surface area contributed by atoms with Crippen LogP contribution < -0.4 is 10.1 Å². The van der Waals surface area contributed by atoms with Crippen LogP contribution in [-0.4, -0.2) is 24.3 Å². The van der Waals surface area contributed by atoms with Gasteiger partial charge >= 0.3 is 0 Å². The fourth-order valence-electron chi connectivity index (χ4n) is 2.94. The predicted molar refractivity (Wildman–Crippen MR) is 120 cm³/mol. The number of fused-ring (bicyclic) bond motifs is 1. The van der Waals surface area contributed by atoms with Crippen LogP contribution in [0.3, 0.4) is 0 Å². The summed E-state index contributed by atoms with van der Waals surface area (Å²) >= 11 is 3.38. The summed E-state index contributed by atoms with van der Waals surface area (Å²) in [4.78, 5) is 16.9. The molecule has 0 aliphatic heterocycles. The SMILES string of the molecule is COc1cc(Br)cc(C=Nc2cccc(NC(=O)c3cc4ccccc4o3)c2)c1O. The predicted octanol–water partition coefficient (Wildman–Crippen LogP) is 5.91. The van der Waals surface area contributed by atoms with Crippen LogP contribution >= 0.6 is 15.9 Å². The van der Waals surface area contributed by atoms with Crippen molar-refractivity contribution in [1.29, 1.82) is 0 Å². The number of aromatic hydroxyl groups is 1. The minimum atomic E-state index is -0.346. The topological polar surface area (TPSA) is 84.1 Å². The smallest absolute Gasteiger partial charge is 0.291 e. The van der Waals surface area contributed by atoms with Crippen LogP contribution in [0.15, 0.2) is 80.6 Å². The number of phenolic OH excluding ortho intramolecular Hbond substituents is 1. The van der Waals surface area contributed by atoms with Crippen molar-refractivity contribution in [3.8, 4) is 11.5 Å². The van der Waals surface area contributed by atoms with Crippen molar-refractivity contribution >= 4 is 50.4 Å². The number of methoxy groups -OCH3 is 1. The number of aliphatic imine (C=N–C) groups is 1. The lowest BCUT2D eigenvalue weighted by atomic mass is 10.2. The van der Waals surface area contributed by atoms with Crippen molar-refractivity contribution in [1.82, 2.24) is 0 Å². The molecule has 1 amide bonds. The molecule has 0 aliphatic rings. The summed E-state index contributed by atoms with van der Waals surface area (Å²) < 4.78 is 11.5. The van der Waals surface area contributed by atoms with E-state index in [0.29, 0.717) is 28.3 Å². The van der Waals surface area contributed by atoms with Gasteiger partial charge < -0.3 is 19.6 Å². The zero-order valence-electron chi connectivity index (χ0n) is 15.9. The normalized spacial score (nSPS) is 11.1. The number of amides is 1. The van der Waals surface area contributed by atoms with Gasteiger partial charge in [-0.25, -0.2) is 0 Å². The number of ether oxygens (including phenoxy) is 1. The number of para-hydroxylation sites is 1. The number of halogens is 1. The fourth-order valence-corrected chi connectivity index (χ4v) is 3.40. The Labute approximate surface area is 180 Å². The van der Waals surface area contributed by atoms with Crippen molar-refractivity contribution < 1.29 is 19.1 Å². The maximum absolute atomic E-state index is 12.5. The molecule has 2 N–H and O–H groups in total. The molecule has 0 radical (unpaired) electrons. The standard InChI is InChI=1S/C23H17BrN2O4/c1-29-20-11-16(24)9-15(22(20)27)13-25-17-6-4-7-18(12-17)26-23(28)21-10-14-5-2-3-8-19(14)30-21/h2-13,27H,1H3,(H,26,28). The molecule has 0 fully saturated rings. The van der Waals surface area contributed by atoms with Crippen molar-refractivity contribution in [3.05, 3.63) is 82.5 Å². The monoisotopic (exact) mass is 464 g/mol. The lowest BCUT2D eigenvalue weighted by molar-refractivity contribution is 0.0998. The summed E-state index contributed by atoms with van der Waals surface area (Å²) in [5.41, 5.74) is 2.34. The first-order chi connectivity index (χ1) is 14.5. The summed E-state index contributed by atoms with van der Waals surface area (Å²) in [5, 5.41) is 13.9. The highest BCUT2D eigenvalue weighted by molar-refractivity contribution is 9.10. The third-order valence-corrected chi connectivity index (χ3v) is 4.85. The molecule has 0 saturated heterocycles. The molecule has 0 atom stereocenters. The average molecular weight is 465 g/mol. The molecule has 4 rings (SSSR count). The second-order valence-electron chi connectivity index (χ2n) is 6.46. The second-order valence-corrected chi connectivity index (χ2v) is 7.37. The molecule has 30 heavy (non-hydrogen) atoms. The number of carbonyl (C=O) groups is 1. The Bertz CT molecular complexity index is 1230. The number of carbonyl (C=O) groups excluding carboxylic acids is 1. The number of anilines is 1. The summed E-state index contributed by atoms with van der Waals surface area (Å²) in [5.74, 6) is 0.231. The van der Waals surface area contributed by atoms with Gasteiger partial charge in [0.2, 0.25) is 0 Å². The maximum Gasteiger partial charge on any atom is 0.291 e. The quantitative estimate of drug-likeness (QED) is 0.359. The van der Waals surface area contributed by atoms with Crippen molar-refractivity contribution in [3.63, 3.8) is 0 Å². The summed E-state index contributed by atoms with van der Waals surface area (Å²) in [7, 11) is 1.48. The van der Waals surface area contributed by atoms with Crippen molar-refractivity contribution in [2.75, 3.05) is 12.4 Å². The molecule has 7 heteroatoms.